The zero-order valence-electron chi connectivity index (χ0n) is 14.0. The molecule has 2 amide bonds. The highest BCUT2D eigenvalue weighted by Gasteiger charge is 2.08. The Bertz CT molecular complexity index is 596. The maximum atomic E-state index is 12.1. The molecule has 1 aromatic heterocycles. The van der Waals surface area contributed by atoms with Crippen LogP contribution in [0.1, 0.15) is 30.2 Å². The van der Waals surface area contributed by atoms with Gasteiger partial charge in [-0.1, -0.05) is 37.3 Å². The molecule has 122 valence electrons. The van der Waals surface area contributed by atoms with E-state index in [9.17, 15) is 4.79 Å². The molecular weight excluding hydrogens is 286 g/mol. The summed E-state index contributed by atoms with van der Waals surface area (Å²) in [6.45, 7) is 3.42. The molecule has 2 rings (SSSR count). The fourth-order valence-electron chi connectivity index (χ4n) is 2.37. The van der Waals surface area contributed by atoms with E-state index in [1.165, 1.54) is 5.56 Å². The number of rotatable bonds is 7. The van der Waals surface area contributed by atoms with E-state index in [0.29, 0.717) is 13.1 Å². The number of nitrogens with one attached hydrogen (secondary N) is 1. The summed E-state index contributed by atoms with van der Waals surface area (Å²) < 4.78 is 0. The lowest BCUT2D eigenvalue weighted by Crippen LogP contribution is -2.37. The number of hydrogen-bond donors (Lipinski definition) is 1. The van der Waals surface area contributed by atoms with E-state index in [2.05, 4.69) is 41.5 Å². The van der Waals surface area contributed by atoms with Crippen LogP contribution in [0.25, 0.3) is 0 Å². The van der Waals surface area contributed by atoms with Crippen LogP contribution in [0, 0.1) is 0 Å². The number of aromatic nitrogens is 1. The van der Waals surface area contributed by atoms with Gasteiger partial charge in [0.2, 0.25) is 0 Å². The second-order valence-corrected chi connectivity index (χ2v) is 5.68. The molecule has 0 aliphatic carbocycles. The van der Waals surface area contributed by atoms with Crippen LogP contribution in [0.5, 0.6) is 0 Å². The minimum Gasteiger partial charge on any atom is -0.338 e. The number of carbonyl (C=O) groups excluding carboxylic acids is 1. The summed E-state index contributed by atoms with van der Waals surface area (Å²) in [6.07, 6.45) is 4.60. The second-order valence-electron chi connectivity index (χ2n) is 5.68. The highest BCUT2D eigenvalue weighted by molar-refractivity contribution is 5.73. The Kier molecular flexibility index (Phi) is 6.60. The van der Waals surface area contributed by atoms with Gasteiger partial charge in [0, 0.05) is 32.0 Å². The van der Waals surface area contributed by atoms with Crippen LogP contribution in [0.3, 0.4) is 0 Å². The Labute approximate surface area is 138 Å². The lowest BCUT2D eigenvalue weighted by atomic mass is 10.1. The number of benzene rings is 1. The molecular formula is C19H25N3O. The molecule has 0 bridgehead atoms. The summed E-state index contributed by atoms with van der Waals surface area (Å²) in [4.78, 5) is 18.1. The largest absolute Gasteiger partial charge is 0.338 e. The van der Waals surface area contributed by atoms with E-state index in [1.807, 2.05) is 25.2 Å². The fraction of sp³-hybridized carbons (Fsp3) is 0.368. The third-order valence-electron chi connectivity index (χ3n) is 3.81. The first kappa shape index (κ1) is 17.0. The van der Waals surface area contributed by atoms with E-state index in [-0.39, 0.29) is 6.03 Å². The lowest BCUT2D eigenvalue weighted by Gasteiger charge is -2.18. The maximum Gasteiger partial charge on any atom is 0.317 e. The van der Waals surface area contributed by atoms with Gasteiger partial charge >= 0.3 is 6.03 Å². The van der Waals surface area contributed by atoms with E-state index >= 15 is 0 Å². The second kappa shape index (κ2) is 8.93. The molecule has 2 aromatic rings. The molecule has 1 N–H and O–H groups in total. The average Bonchev–Trinajstić information content (AvgIpc) is 2.60. The minimum atomic E-state index is -0.0365. The third-order valence-corrected chi connectivity index (χ3v) is 3.81. The number of carbonyl (C=O) groups is 1. The van der Waals surface area contributed by atoms with Crippen LogP contribution in [-0.4, -0.2) is 29.5 Å². The smallest absolute Gasteiger partial charge is 0.317 e. The summed E-state index contributed by atoms with van der Waals surface area (Å²) in [6, 6.07) is 14.3. The van der Waals surface area contributed by atoms with Crippen LogP contribution in [-0.2, 0) is 19.4 Å². The highest BCUT2D eigenvalue weighted by Crippen LogP contribution is 2.07. The van der Waals surface area contributed by atoms with Crippen molar-refractivity contribution in [1.82, 2.24) is 15.2 Å². The van der Waals surface area contributed by atoms with Gasteiger partial charge in [-0.25, -0.2) is 4.79 Å². The normalized spacial score (nSPS) is 10.3. The first-order valence-electron chi connectivity index (χ1n) is 8.15. The van der Waals surface area contributed by atoms with Gasteiger partial charge in [0.25, 0.3) is 0 Å². The maximum absolute atomic E-state index is 12.1. The molecule has 23 heavy (non-hydrogen) atoms. The molecule has 1 heterocycles. The van der Waals surface area contributed by atoms with Crippen molar-refractivity contribution in [3.05, 3.63) is 65.5 Å². The Morgan fingerprint density at radius 2 is 1.87 bits per heavy atom. The summed E-state index contributed by atoms with van der Waals surface area (Å²) in [7, 11) is 1.82. The predicted molar refractivity (Wildman–Crippen MR) is 93.2 cm³/mol. The number of aryl methyl sites for hydroxylation is 2. The van der Waals surface area contributed by atoms with Crippen LogP contribution in [0.15, 0.2) is 48.7 Å². The standard InChI is InChI=1S/C19H25N3O/c1-3-16-9-11-17(12-10-16)15-22(2)19(23)21-14-6-8-18-7-4-5-13-20-18/h4-5,7,9-13H,3,6,8,14-15H2,1-2H3,(H,21,23). The van der Waals surface area contributed by atoms with Crippen LogP contribution in [0.2, 0.25) is 0 Å². The van der Waals surface area contributed by atoms with Gasteiger partial charge < -0.3 is 10.2 Å². The zero-order valence-corrected chi connectivity index (χ0v) is 14.0. The highest BCUT2D eigenvalue weighted by atomic mass is 16.2. The van der Waals surface area contributed by atoms with Crippen molar-refractivity contribution in [1.29, 1.82) is 0 Å². The van der Waals surface area contributed by atoms with Crippen LogP contribution in [0.4, 0.5) is 4.79 Å². The van der Waals surface area contributed by atoms with Gasteiger partial charge in [0.15, 0.2) is 0 Å². The van der Waals surface area contributed by atoms with Crippen LogP contribution >= 0.6 is 0 Å². The molecule has 0 saturated carbocycles. The zero-order chi connectivity index (χ0) is 16.5. The van der Waals surface area contributed by atoms with Crippen molar-refractivity contribution in [3.63, 3.8) is 0 Å². The average molecular weight is 311 g/mol. The molecule has 0 spiro atoms. The fourth-order valence-corrected chi connectivity index (χ4v) is 2.37. The van der Waals surface area contributed by atoms with Gasteiger partial charge in [-0.2, -0.15) is 0 Å². The number of nitrogens with zero attached hydrogens (tertiary/aromatic N) is 2. The Morgan fingerprint density at radius 3 is 2.52 bits per heavy atom. The quantitative estimate of drug-likeness (QED) is 0.796. The monoisotopic (exact) mass is 311 g/mol. The molecule has 0 aliphatic rings. The first-order valence-corrected chi connectivity index (χ1v) is 8.15. The Balaban J connectivity index is 1.69. The predicted octanol–water partition coefficient (Wildman–Crippen LogP) is 3.42. The van der Waals surface area contributed by atoms with Crippen molar-refractivity contribution in [2.24, 2.45) is 0 Å². The molecule has 4 heteroatoms. The molecule has 0 radical (unpaired) electrons. The molecule has 0 fully saturated rings. The van der Waals surface area contributed by atoms with Crippen LogP contribution < -0.4 is 5.32 Å². The number of hydrogen-bond acceptors (Lipinski definition) is 2. The molecule has 0 unspecified atom stereocenters. The van der Waals surface area contributed by atoms with Gasteiger partial charge in [-0.05, 0) is 42.5 Å². The number of amides is 2. The van der Waals surface area contributed by atoms with E-state index in [4.69, 9.17) is 0 Å². The van der Waals surface area contributed by atoms with Crippen molar-refractivity contribution in [2.45, 2.75) is 32.7 Å². The molecule has 1 aromatic carbocycles. The molecule has 4 nitrogen and oxygen atoms in total. The Morgan fingerprint density at radius 1 is 1.13 bits per heavy atom. The topological polar surface area (TPSA) is 45.2 Å². The van der Waals surface area contributed by atoms with Crippen molar-refractivity contribution >= 4 is 6.03 Å². The molecule has 0 saturated heterocycles. The van der Waals surface area contributed by atoms with E-state index < -0.39 is 0 Å². The summed E-state index contributed by atoms with van der Waals surface area (Å²) in [5.41, 5.74) is 3.52. The lowest BCUT2D eigenvalue weighted by molar-refractivity contribution is 0.207. The Hall–Kier alpha value is -2.36. The summed E-state index contributed by atoms with van der Waals surface area (Å²) in [5, 5.41) is 2.95. The van der Waals surface area contributed by atoms with E-state index in [0.717, 1.165) is 30.5 Å². The van der Waals surface area contributed by atoms with E-state index in [1.54, 1.807) is 11.1 Å². The summed E-state index contributed by atoms with van der Waals surface area (Å²) in [5.74, 6) is 0. The van der Waals surface area contributed by atoms with Crippen molar-refractivity contribution in [3.8, 4) is 0 Å². The molecule has 0 atom stereocenters. The van der Waals surface area contributed by atoms with Crippen molar-refractivity contribution < 1.29 is 4.79 Å². The first-order chi connectivity index (χ1) is 11.2. The van der Waals surface area contributed by atoms with Gasteiger partial charge in [-0.15, -0.1) is 0 Å². The molecule has 0 aliphatic heterocycles. The summed E-state index contributed by atoms with van der Waals surface area (Å²) >= 11 is 0. The third kappa shape index (κ3) is 5.74. The van der Waals surface area contributed by atoms with Gasteiger partial charge in [0.1, 0.15) is 0 Å². The van der Waals surface area contributed by atoms with Crippen molar-refractivity contribution in [2.75, 3.05) is 13.6 Å². The number of pyridine rings is 1. The van der Waals surface area contributed by atoms with Gasteiger partial charge in [0.05, 0.1) is 0 Å². The SMILES string of the molecule is CCc1ccc(CN(C)C(=O)NCCCc2ccccn2)cc1. The van der Waals surface area contributed by atoms with Gasteiger partial charge in [-0.3, -0.25) is 4.98 Å². The number of urea groups is 1. The minimum absolute atomic E-state index is 0.0365.